The first-order valence-corrected chi connectivity index (χ1v) is 5.16. The molecule has 0 radical (unpaired) electrons. The second kappa shape index (κ2) is 3.58. The number of benzene rings is 1. The lowest BCUT2D eigenvalue weighted by Crippen LogP contribution is -2.26. The molecule has 1 fully saturated rings. The number of nitrogens with zero attached hydrogens (tertiary/aromatic N) is 1. The van der Waals surface area contributed by atoms with Crippen LogP contribution in [-0.2, 0) is 9.59 Å². The summed E-state index contributed by atoms with van der Waals surface area (Å²) >= 11 is 0. The molecule has 1 aromatic carbocycles. The summed E-state index contributed by atoms with van der Waals surface area (Å²) in [5, 5.41) is 4.71. The minimum atomic E-state index is -0.684. The van der Waals surface area contributed by atoms with Gasteiger partial charge in [0.05, 0.1) is 0 Å². The number of hydrogen-bond donors (Lipinski definition) is 2. The predicted molar refractivity (Wildman–Crippen MR) is 58.4 cm³/mol. The molecule has 6 nitrogen and oxygen atoms in total. The van der Waals surface area contributed by atoms with Crippen LogP contribution in [0, 0.1) is 0 Å². The van der Waals surface area contributed by atoms with Crippen LogP contribution in [-0.4, -0.2) is 24.4 Å². The molecule has 2 aliphatic rings. The molecule has 1 unspecified atom stereocenters. The fraction of sp³-hybridized carbons (Fsp3) is 0.182. The van der Waals surface area contributed by atoms with Gasteiger partial charge in [0.15, 0.2) is 0 Å². The van der Waals surface area contributed by atoms with E-state index < -0.39 is 11.8 Å². The Hall–Kier alpha value is -2.37. The number of ether oxygens (including phenoxy) is 1. The lowest BCUT2D eigenvalue weighted by atomic mass is 10.1. The Morgan fingerprint density at radius 2 is 1.88 bits per heavy atom. The van der Waals surface area contributed by atoms with Crippen LogP contribution >= 0.6 is 0 Å². The Balaban J connectivity index is 1.87. The highest BCUT2D eigenvalue weighted by molar-refractivity contribution is 6.45. The topological polar surface area (TPSA) is 79.8 Å². The van der Waals surface area contributed by atoms with Crippen molar-refractivity contribution in [2.45, 2.75) is 6.04 Å². The van der Waals surface area contributed by atoms with Crippen LogP contribution in [0.1, 0.15) is 11.6 Å². The largest absolute Gasteiger partial charge is 0.491 e. The molecule has 0 spiro atoms. The zero-order valence-corrected chi connectivity index (χ0v) is 8.77. The lowest BCUT2D eigenvalue weighted by molar-refractivity contribution is -0.135. The summed E-state index contributed by atoms with van der Waals surface area (Å²) in [6.45, 7) is 0.411. The third kappa shape index (κ3) is 1.63. The second-order valence-corrected chi connectivity index (χ2v) is 3.75. The van der Waals surface area contributed by atoms with Crippen molar-refractivity contribution in [2.75, 3.05) is 6.61 Å². The Kier molecular flexibility index (Phi) is 2.07. The number of aliphatic imine (C=N–C) groups is 1. The van der Waals surface area contributed by atoms with E-state index in [1.54, 1.807) is 0 Å². The van der Waals surface area contributed by atoms with Gasteiger partial charge in [-0.05, 0) is 6.07 Å². The fourth-order valence-corrected chi connectivity index (χ4v) is 1.83. The molecule has 1 atom stereocenters. The molecule has 17 heavy (non-hydrogen) atoms. The van der Waals surface area contributed by atoms with Gasteiger partial charge >= 0.3 is 11.8 Å². The van der Waals surface area contributed by atoms with Crippen molar-refractivity contribution in [1.82, 2.24) is 10.6 Å². The molecule has 2 aliphatic heterocycles. The Labute approximate surface area is 96.7 Å². The van der Waals surface area contributed by atoms with Crippen LogP contribution in [0.2, 0.25) is 0 Å². The minimum Gasteiger partial charge on any atom is -0.491 e. The highest BCUT2D eigenvalue weighted by Gasteiger charge is 2.29. The van der Waals surface area contributed by atoms with E-state index in [0.717, 1.165) is 11.3 Å². The monoisotopic (exact) mass is 231 g/mol. The average molecular weight is 231 g/mol. The molecule has 2 amide bonds. The highest BCUT2D eigenvalue weighted by Crippen LogP contribution is 2.34. The van der Waals surface area contributed by atoms with Gasteiger partial charge in [0.2, 0.25) is 5.96 Å². The third-order valence-electron chi connectivity index (χ3n) is 2.63. The number of hydrogen-bond acceptors (Lipinski definition) is 4. The molecular weight excluding hydrogens is 222 g/mol. The maximum atomic E-state index is 11.0. The van der Waals surface area contributed by atoms with Gasteiger partial charge in [-0.2, -0.15) is 0 Å². The number of carbonyl (C=O) groups excluding carboxylic acids is 2. The lowest BCUT2D eigenvalue weighted by Gasteiger charge is -2.03. The van der Waals surface area contributed by atoms with Crippen LogP contribution in [0.3, 0.4) is 0 Å². The van der Waals surface area contributed by atoms with E-state index in [0.29, 0.717) is 6.61 Å². The van der Waals surface area contributed by atoms with E-state index in [4.69, 9.17) is 4.74 Å². The van der Waals surface area contributed by atoms with Gasteiger partial charge in [0.1, 0.15) is 18.4 Å². The van der Waals surface area contributed by atoms with Crippen LogP contribution < -0.4 is 15.4 Å². The molecule has 3 rings (SSSR count). The summed E-state index contributed by atoms with van der Waals surface area (Å²) in [4.78, 5) is 26.2. The molecule has 1 saturated heterocycles. The zero-order chi connectivity index (χ0) is 11.8. The molecule has 6 heteroatoms. The normalized spacial score (nSPS) is 21.6. The first kappa shape index (κ1) is 9.83. The molecule has 1 aromatic rings. The maximum Gasteiger partial charge on any atom is 0.316 e. The van der Waals surface area contributed by atoms with Crippen LogP contribution in [0.15, 0.2) is 29.3 Å². The summed E-state index contributed by atoms with van der Waals surface area (Å²) < 4.78 is 5.44. The van der Waals surface area contributed by atoms with Crippen molar-refractivity contribution in [3.63, 3.8) is 0 Å². The SMILES string of the molecule is O=C1NC(=NC2COc3ccccc32)NC1=O. The Bertz CT molecular complexity index is 521. The van der Waals surface area contributed by atoms with E-state index in [1.807, 2.05) is 24.3 Å². The summed E-state index contributed by atoms with van der Waals surface area (Å²) in [5.74, 6) is -0.394. The number of para-hydroxylation sites is 1. The quantitative estimate of drug-likeness (QED) is 0.652. The number of carbonyl (C=O) groups is 2. The van der Waals surface area contributed by atoms with Crippen molar-refractivity contribution in [2.24, 2.45) is 4.99 Å². The first-order valence-electron chi connectivity index (χ1n) is 5.16. The zero-order valence-electron chi connectivity index (χ0n) is 8.77. The maximum absolute atomic E-state index is 11.0. The van der Waals surface area contributed by atoms with Gasteiger partial charge in [-0.1, -0.05) is 18.2 Å². The van der Waals surface area contributed by atoms with E-state index in [-0.39, 0.29) is 12.0 Å². The van der Waals surface area contributed by atoms with E-state index in [9.17, 15) is 9.59 Å². The summed E-state index contributed by atoms with van der Waals surface area (Å²) in [7, 11) is 0. The van der Waals surface area contributed by atoms with Crippen molar-refractivity contribution in [3.05, 3.63) is 29.8 Å². The molecule has 0 aliphatic carbocycles. The Morgan fingerprint density at radius 3 is 2.65 bits per heavy atom. The molecule has 0 aromatic heterocycles. The summed E-state index contributed by atoms with van der Waals surface area (Å²) in [6, 6.07) is 7.36. The number of amides is 2. The smallest absolute Gasteiger partial charge is 0.316 e. The Morgan fingerprint density at radius 1 is 1.18 bits per heavy atom. The van der Waals surface area contributed by atoms with Crippen molar-refractivity contribution < 1.29 is 14.3 Å². The van der Waals surface area contributed by atoms with Crippen LogP contribution in [0.5, 0.6) is 5.75 Å². The number of guanidine groups is 1. The number of nitrogens with one attached hydrogen (secondary N) is 2. The van der Waals surface area contributed by atoms with Gasteiger partial charge in [-0.25, -0.2) is 4.99 Å². The van der Waals surface area contributed by atoms with Gasteiger partial charge in [-0.15, -0.1) is 0 Å². The van der Waals surface area contributed by atoms with E-state index >= 15 is 0 Å². The van der Waals surface area contributed by atoms with Gasteiger partial charge in [0.25, 0.3) is 0 Å². The molecule has 2 heterocycles. The first-order chi connectivity index (χ1) is 8.24. The standard InChI is InChI=1S/C11H9N3O3/c15-9-10(16)14-11(13-9)12-7-5-17-8-4-2-1-3-6(7)8/h1-4,7H,5H2,(H2,12,13,14,15,16). The van der Waals surface area contributed by atoms with Crippen molar-refractivity contribution in [3.8, 4) is 5.75 Å². The predicted octanol–water partition coefficient (Wildman–Crippen LogP) is -0.278. The molecule has 86 valence electrons. The van der Waals surface area contributed by atoms with E-state index in [1.165, 1.54) is 0 Å². The molecule has 0 saturated carbocycles. The molecular formula is C11H9N3O3. The highest BCUT2D eigenvalue weighted by atomic mass is 16.5. The van der Waals surface area contributed by atoms with Crippen LogP contribution in [0.4, 0.5) is 0 Å². The molecule has 0 bridgehead atoms. The fourth-order valence-electron chi connectivity index (χ4n) is 1.83. The minimum absolute atomic E-state index is 0.185. The van der Waals surface area contributed by atoms with Crippen molar-refractivity contribution >= 4 is 17.8 Å². The van der Waals surface area contributed by atoms with E-state index in [2.05, 4.69) is 15.6 Å². The van der Waals surface area contributed by atoms with Gasteiger partial charge in [0, 0.05) is 5.56 Å². The third-order valence-corrected chi connectivity index (χ3v) is 2.63. The second-order valence-electron chi connectivity index (χ2n) is 3.75. The number of fused-ring (bicyclic) bond motifs is 1. The van der Waals surface area contributed by atoms with Crippen LogP contribution in [0.25, 0.3) is 0 Å². The van der Waals surface area contributed by atoms with Crippen molar-refractivity contribution in [1.29, 1.82) is 0 Å². The molecule has 2 N–H and O–H groups in total. The average Bonchev–Trinajstić information content (AvgIpc) is 2.85. The summed E-state index contributed by atoms with van der Waals surface area (Å²) in [6.07, 6.45) is 0. The van der Waals surface area contributed by atoms with Gasteiger partial charge in [-0.3, -0.25) is 20.2 Å². The van der Waals surface area contributed by atoms with Gasteiger partial charge < -0.3 is 4.74 Å². The number of rotatable bonds is 1. The summed E-state index contributed by atoms with van der Waals surface area (Å²) in [5.41, 5.74) is 0.954.